The highest BCUT2D eigenvalue weighted by Gasteiger charge is 2.07. The van der Waals surface area contributed by atoms with E-state index in [9.17, 15) is 0 Å². The molecule has 0 aliphatic heterocycles. The molecule has 0 amide bonds. The van der Waals surface area contributed by atoms with Crippen molar-refractivity contribution >= 4 is 52.2 Å². The van der Waals surface area contributed by atoms with Crippen LogP contribution in [-0.2, 0) is 6.54 Å². The molecular formula is C17H15Cl2N5S. The van der Waals surface area contributed by atoms with Crippen LogP contribution in [0.5, 0.6) is 0 Å². The minimum absolute atomic E-state index is 0.345. The van der Waals surface area contributed by atoms with Gasteiger partial charge in [-0.1, -0.05) is 53.0 Å². The zero-order valence-electron chi connectivity index (χ0n) is 13.3. The number of aromatic nitrogens is 3. The third-order valence-corrected chi connectivity index (χ3v) is 4.12. The Balaban J connectivity index is 1.61. The van der Waals surface area contributed by atoms with Crippen LogP contribution in [0.15, 0.2) is 48.8 Å². The summed E-state index contributed by atoms with van der Waals surface area (Å²) in [5.74, 6) is 0.412. The maximum Gasteiger partial charge on any atom is 0.248 e. The smallest absolute Gasteiger partial charge is 0.248 e. The Morgan fingerprint density at radius 2 is 2.00 bits per heavy atom. The van der Waals surface area contributed by atoms with Gasteiger partial charge in [-0.2, -0.15) is 0 Å². The van der Waals surface area contributed by atoms with Crippen molar-refractivity contribution in [3.8, 4) is 0 Å². The van der Waals surface area contributed by atoms with Crippen molar-refractivity contribution in [2.45, 2.75) is 13.5 Å². The number of nitrogens with one attached hydrogen (secondary N) is 2. The van der Waals surface area contributed by atoms with E-state index >= 15 is 0 Å². The normalized spacial score (nSPS) is 10.5. The summed E-state index contributed by atoms with van der Waals surface area (Å²) in [6.45, 7) is 2.70. The molecule has 0 atom stereocenters. The largest absolute Gasteiger partial charge is 0.331 e. The van der Waals surface area contributed by atoms with Crippen LogP contribution in [0.1, 0.15) is 11.1 Å². The average molecular weight is 392 g/mol. The number of rotatable bonds is 4. The number of benzene rings is 2. The van der Waals surface area contributed by atoms with Crippen molar-refractivity contribution in [1.82, 2.24) is 14.8 Å². The van der Waals surface area contributed by atoms with Gasteiger partial charge in [-0.05, 0) is 42.9 Å². The van der Waals surface area contributed by atoms with Crippen LogP contribution in [0.25, 0.3) is 0 Å². The topological polar surface area (TPSA) is 54.8 Å². The third kappa shape index (κ3) is 4.92. The van der Waals surface area contributed by atoms with E-state index in [-0.39, 0.29) is 0 Å². The van der Waals surface area contributed by atoms with Gasteiger partial charge < -0.3 is 5.32 Å². The minimum atomic E-state index is 0.345. The molecule has 8 heteroatoms. The van der Waals surface area contributed by atoms with Crippen LogP contribution in [0.4, 0.5) is 11.6 Å². The first kappa shape index (κ1) is 17.7. The van der Waals surface area contributed by atoms with E-state index in [1.54, 1.807) is 29.2 Å². The first-order valence-electron chi connectivity index (χ1n) is 7.47. The van der Waals surface area contributed by atoms with Gasteiger partial charge in [-0.3, -0.25) is 5.32 Å². The van der Waals surface area contributed by atoms with Crippen LogP contribution >= 0.6 is 35.4 Å². The van der Waals surface area contributed by atoms with Gasteiger partial charge in [-0.15, -0.1) is 5.10 Å². The van der Waals surface area contributed by atoms with Crippen molar-refractivity contribution in [3.05, 3.63) is 70.0 Å². The number of anilines is 2. The molecule has 3 aromatic rings. The zero-order chi connectivity index (χ0) is 17.8. The Hall–Kier alpha value is -2.15. The maximum absolute atomic E-state index is 6.11. The van der Waals surface area contributed by atoms with Crippen molar-refractivity contribution in [2.75, 3.05) is 10.6 Å². The second-order valence-corrected chi connectivity index (χ2v) is 6.71. The summed E-state index contributed by atoms with van der Waals surface area (Å²) in [5, 5.41) is 11.7. The molecule has 2 N–H and O–H groups in total. The molecule has 3 rings (SSSR count). The second-order valence-electron chi connectivity index (χ2n) is 5.46. The minimum Gasteiger partial charge on any atom is -0.331 e. The number of nitrogens with zero attached hydrogens (tertiary/aromatic N) is 3. The van der Waals surface area contributed by atoms with E-state index < -0.39 is 0 Å². The fourth-order valence-electron chi connectivity index (χ4n) is 2.27. The summed E-state index contributed by atoms with van der Waals surface area (Å²) < 4.78 is 1.75. The first-order chi connectivity index (χ1) is 12.0. The molecule has 128 valence electrons. The van der Waals surface area contributed by atoms with E-state index in [1.807, 2.05) is 6.07 Å². The van der Waals surface area contributed by atoms with E-state index in [1.165, 1.54) is 5.56 Å². The second kappa shape index (κ2) is 7.82. The first-order valence-corrected chi connectivity index (χ1v) is 8.64. The predicted molar refractivity (Wildman–Crippen MR) is 107 cm³/mol. The molecule has 0 spiro atoms. The van der Waals surface area contributed by atoms with E-state index in [0.717, 1.165) is 5.56 Å². The molecule has 0 aliphatic carbocycles. The Kier molecular flexibility index (Phi) is 5.53. The molecular weight excluding hydrogens is 377 g/mol. The maximum atomic E-state index is 6.11. The highest BCUT2D eigenvalue weighted by atomic mass is 35.5. The summed E-state index contributed by atoms with van der Waals surface area (Å²) in [5.41, 5.74) is 3.02. The summed E-state index contributed by atoms with van der Waals surface area (Å²) in [4.78, 5) is 4.21. The molecule has 0 saturated heterocycles. The molecule has 5 nitrogen and oxygen atoms in total. The molecule has 0 unspecified atom stereocenters. The summed E-state index contributed by atoms with van der Waals surface area (Å²) in [6, 6.07) is 13.4. The Morgan fingerprint density at radius 1 is 1.16 bits per heavy atom. The lowest BCUT2D eigenvalue weighted by Crippen LogP contribution is -2.20. The Labute approximate surface area is 161 Å². The van der Waals surface area contributed by atoms with E-state index in [0.29, 0.717) is 33.3 Å². The highest BCUT2D eigenvalue weighted by molar-refractivity contribution is 7.80. The predicted octanol–water partition coefficient (Wildman–Crippen LogP) is 4.75. The molecule has 0 saturated carbocycles. The third-order valence-electron chi connectivity index (χ3n) is 3.37. The fraction of sp³-hybridized carbons (Fsp3) is 0.118. The molecule has 25 heavy (non-hydrogen) atoms. The van der Waals surface area contributed by atoms with Crippen molar-refractivity contribution < 1.29 is 0 Å². The quantitative estimate of drug-likeness (QED) is 0.628. The van der Waals surface area contributed by atoms with Crippen LogP contribution in [0.2, 0.25) is 10.0 Å². The molecule has 0 bridgehead atoms. The van der Waals surface area contributed by atoms with Gasteiger partial charge in [0.15, 0.2) is 5.11 Å². The number of thiocarbonyl (C=S) groups is 1. The van der Waals surface area contributed by atoms with Gasteiger partial charge in [0.25, 0.3) is 0 Å². The van der Waals surface area contributed by atoms with E-state index in [2.05, 4.69) is 45.8 Å². The summed E-state index contributed by atoms with van der Waals surface area (Å²) in [6.07, 6.45) is 1.66. The lowest BCUT2D eigenvalue weighted by atomic mass is 10.1. The molecule has 1 heterocycles. The van der Waals surface area contributed by atoms with Crippen LogP contribution < -0.4 is 10.6 Å². The molecule has 1 aromatic heterocycles. The van der Waals surface area contributed by atoms with Crippen molar-refractivity contribution in [3.63, 3.8) is 0 Å². The standard InChI is InChI=1S/C17H15Cl2N5S/c1-11-3-2-4-12(7-11)9-24-10-20-16(23-24)22-17(25)21-15-6-5-13(18)8-14(15)19/h2-8,10H,9H2,1H3,(H2,21,22,23,25). The number of aryl methyl sites for hydroxylation is 1. The monoisotopic (exact) mass is 391 g/mol. The van der Waals surface area contributed by atoms with Crippen LogP contribution in [-0.4, -0.2) is 19.9 Å². The fourth-order valence-corrected chi connectivity index (χ4v) is 2.93. The van der Waals surface area contributed by atoms with Gasteiger partial charge in [0, 0.05) is 5.02 Å². The van der Waals surface area contributed by atoms with Gasteiger partial charge in [-0.25, -0.2) is 9.67 Å². The lowest BCUT2D eigenvalue weighted by molar-refractivity contribution is 0.687. The highest BCUT2D eigenvalue weighted by Crippen LogP contribution is 2.25. The van der Waals surface area contributed by atoms with Gasteiger partial charge >= 0.3 is 0 Å². The zero-order valence-corrected chi connectivity index (χ0v) is 15.7. The van der Waals surface area contributed by atoms with Gasteiger partial charge in [0.1, 0.15) is 6.33 Å². The number of halogens is 2. The molecule has 0 radical (unpaired) electrons. The van der Waals surface area contributed by atoms with Crippen molar-refractivity contribution in [1.29, 1.82) is 0 Å². The summed E-state index contributed by atoms with van der Waals surface area (Å²) in [7, 11) is 0. The molecule has 0 fully saturated rings. The SMILES string of the molecule is Cc1cccc(Cn2cnc(NC(=S)Nc3ccc(Cl)cc3Cl)n2)c1. The molecule has 0 aliphatic rings. The number of hydrogen-bond acceptors (Lipinski definition) is 3. The summed E-state index contributed by atoms with van der Waals surface area (Å²) >= 11 is 17.3. The Bertz CT molecular complexity index is 910. The Morgan fingerprint density at radius 3 is 2.76 bits per heavy atom. The average Bonchev–Trinajstić information content (AvgIpc) is 2.97. The van der Waals surface area contributed by atoms with Gasteiger partial charge in [0.05, 0.1) is 17.3 Å². The van der Waals surface area contributed by atoms with E-state index in [4.69, 9.17) is 35.4 Å². The van der Waals surface area contributed by atoms with Gasteiger partial charge in [0.2, 0.25) is 5.95 Å². The lowest BCUT2D eigenvalue weighted by Gasteiger charge is -2.09. The van der Waals surface area contributed by atoms with Crippen LogP contribution in [0, 0.1) is 6.92 Å². The number of hydrogen-bond donors (Lipinski definition) is 2. The molecule has 2 aromatic carbocycles. The van der Waals surface area contributed by atoms with Crippen molar-refractivity contribution in [2.24, 2.45) is 0 Å². The van der Waals surface area contributed by atoms with Crippen LogP contribution in [0.3, 0.4) is 0 Å².